The Balaban J connectivity index is 2.01. The van der Waals surface area contributed by atoms with Crippen molar-refractivity contribution in [1.29, 1.82) is 0 Å². The van der Waals surface area contributed by atoms with E-state index < -0.39 is 11.7 Å². The first-order chi connectivity index (χ1) is 8.47. The lowest BCUT2D eigenvalue weighted by Crippen LogP contribution is -2.28. The quantitative estimate of drug-likeness (QED) is 0.924. The molecule has 0 radical (unpaired) electrons. The Morgan fingerprint density at radius 1 is 1.50 bits per heavy atom. The van der Waals surface area contributed by atoms with Crippen LogP contribution in [-0.4, -0.2) is 24.2 Å². The molecule has 100 valence electrons. The Hall–Kier alpha value is -1.01. The summed E-state index contributed by atoms with van der Waals surface area (Å²) in [5.41, 5.74) is -0.876. The summed E-state index contributed by atoms with van der Waals surface area (Å²) in [5, 5.41) is 3.08. The molecule has 0 bridgehead atoms. The van der Waals surface area contributed by atoms with E-state index in [0.717, 1.165) is 31.6 Å². The molecule has 2 rings (SSSR count). The van der Waals surface area contributed by atoms with Gasteiger partial charge in [0.1, 0.15) is 11.6 Å². The second-order valence-electron chi connectivity index (χ2n) is 4.11. The maximum Gasteiger partial charge on any atom is 0.417 e. The lowest BCUT2D eigenvalue weighted by molar-refractivity contribution is -0.137. The third-order valence-corrected chi connectivity index (χ3v) is 2.99. The van der Waals surface area contributed by atoms with Crippen LogP contribution in [0.2, 0.25) is 5.02 Å². The van der Waals surface area contributed by atoms with Crippen molar-refractivity contribution in [1.82, 2.24) is 10.3 Å². The van der Waals surface area contributed by atoms with Gasteiger partial charge in [-0.1, -0.05) is 11.6 Å². The van der Waals surface area contributed by atoms with Gasteiger partial charge in [-0.25, -0.2) is 4.98 Å². The van der Waals surface area contributed by atoms with Crippen molar-refractivity contribution in [2.45, 2.75) is 25.1 Å². The number of nitrogens with zero attached hydrogens (tertiary/aromatic N) is 1. The second-order valence-corrected chi connectivity index (χ2v) is 4.52. The van der Waals surface area contributed by atoms with Crippen LogP contribution in [0.4, 0.5) is 13.2 Å². The molecule has 0 aromatic carbocycles. The summed E-state index contributed by atoms with van der Waals surface area (Å²) in [5.74, 6) is 0.0402. The number of ether oxygens (including phenoxy) is 1. The van der Waals surface area contributed by atoms with Gasteiger partial charge in [-0.2, -0.15) is 13.2 Å². The molecule has 1 aromatic rings. The fourth-order valence-electron chi connectivity index (χ4n) is 1.77. The van der Waals surface area contributed by atoms with Crippen LogP contribution in [-0.2, 0) is 6.18 Å². The maximum atomic E-state index is 12.4. The topological polar surface area (TPSA) is 34.1 Å². The van der Waals surface area contributed by atoms with Gasteiger partial charge in [-0.3, -0.25) is 0 Å². The van der Waals surface area contributed by atoms with Crippen LogP contribution in [0, 0.1) is 0 Å². The van der Waals surface area contributed by atoms with E-state index >= 15 is 0 Å². The number of halogens is 4. The standard InChI is InChI=1S/C11H12ClF3N2O/c12-9-4-7(11(13,14)15)5-17-10(9)18-6-8-2-1-3-16-8/h4-5,8,16H,1-3,6H2/t8-/m0/s1. The van der Waals surface area contributed by atoms with Gasteiger partial charge in [-0.15, -0.1) is 0 Å². The van der Waals surface area contributed by atoms with Crippen LogP contribution < -0.4 is 10.1 Å². The molecule has 1 saturated heterocycles. The van der Waals surface area contributed by atoms with Gasteiger partial charge in [-0.05, 0) is 25.5 Å². The van der Waals surface area contributed by atoms with Crippen molar-refractivity contribution in [3.63, 3.8) is 0 Å². The van der Waals surface area contributed by atoms with Crippen LogP contribution in [0.25, 0.3) is 0 Å². The highest BCUT2D eigenvalue weighted by atomic mass is 35.5. The highest BCUT2D eigenvalue weighted by Gasteiger charge is 2.31. The highest BCUT2D eigenvalue weighted by Crippen LogP contribution is 2.33. The fraction of sp³-hybridized carbons (Fsp3) is 0.545. The number of hydrogen-bond donors (Lipinski definition) is 1. The number of nitrogens with one attached hydrogen (secondary N) is 1. The van der Waals surface area contributed by atoms with Gasteiger partial charge in [0.25, 0.3) is 0 Å². The van der Waals surface area contributed by atoms with Crippen molar-refractivity contribution in [2.24, 2.45) is 0 Å². The molecule has 1 aliphatic heterocycles. The Morgan fingerprint density at radius 3 is 2.83 bits per heavy atom. The molecule has 7 heteroatoms. The SMILES string of the molecule is FC(F)(F)c1cnc(OC[C@@H]2CCCN2)c(Cl)c1. The zero-order chi connectivity index (χ0) is 13.2. The monoisotopic (exact) mass is 280 g/mol. The van der Waals surface area contributed by atoms with Crippen molar-refractivity contribution in [3.05, 3.63) is 22.8 Å². The van der Waals surface area contributed by atoms with Crippen LogP contribution in [0.1, 0.15) is 18.4 Å². The molecule has 0 spiro atoms. The van der Waals surface area contributed by atoms with Crippen LogP contribution in [0.3, 0.4) is 0 Å². The minimum Gasteiger partial charge on any atom is -0.475 e. The number of alkyl halides is 3. The number of aromatic nitrogens is 1. The second kappa shape index (κ2) is 5.32. The summed E-state index contributed by atoms with van der Waals surface area (Å²) in [7, 11) is 0. The Labute approximate surface area is 107 Å². The molecule has 1 atom stereocenters. The molecule has 3 nitrogen and oxygen atoms in total. The van der Waals surface area contributed by atoms with E-state index in [2.05, 4.69) is 10.3 Å². The smallest absolute Gasteiger partial charge is 0.417 e. The molecular weight excluding hydrogens is 269 g/mol. The summed E-state index contributed by atoms with van der Waals surface area (Å²) in [6.45, 7) is 1.29. The van der Waals surface area contributed by atoms with Crippen LogP contribution in [0.15, 0.2) is 12.3 Å². The molecule has 1 fully saturated rings. The summed E-state index contributed by atoms with van der Waals surface area (Å²) < 4.78 is 42.5. The molecule has 1 N–H and O–H groups in total. The molecule has 0 saturated carbocycles. The summed E-state index contributed by atoms with van der Waals surface area (Å²) in [6, 6.07) is 1.04. The predicted octanol–water partition coefficient (Wildman–Crippen LogP) is 2.88. The van der Waals surface area contributed by atoms with Crippen molar-refractivity contribution < 1.29 is 17.9 Å². The molecule has 0 unspecified atom stereocenters. The lowest BCUT2D eigenvalue weighted by atomic mass is 10.2. The first-order valence-corrected chi connectivity index (χ1v) is 5.93. The molecule has 1 aliphatic rings. The summed E-state index contributed by atoms with van der Waals surface area (Å²) in [6.07, 6.45) is -1.66. The Morgan fingerprint density at radius 2 is 2.28 bits per heavy atom. The number of rotatable bonds is 3. The normalized spacial score (nSPS) is 20.1. The van der Waals surface area contributed by atoms with Gasteiger partial charge < -0.3 is 10.1 Å². The van der Waals surface area contributed by atoms with Gasteiger partial charge in [0.2, 0.25) is 5.88 Å². The molecular formula is C11H12ClF3N2O. The zero-order valence-electron chi connectivity index (χ0n) is 9.43. The van der Waals surface area contributed by atoms with Gasteiger partial charge >= 0.3 is 6.18 Å². The largest absolute Gasteiger partial charge is 0.475 e. The lowest BCUT2D eigenvalue weighted by Gasteiger charge is -2.13. The highest BCUT2D eigenvalue weighted by molar-refractivity contribution is 6.31. The zero-order valence-corrected chi connectivity index (χ0v) is 10.2. The molecule has 18 heavy (non-hydrogen) atoms. The molecule has 1 aromatic heterocycles. The van der Waals surface area contributed by atoms with E-state index in [9.17, 15) is 13.2 Å². The van der Waals surface area contributed by atoms with E-state index in [0.29, 0.717) is 6.61 Å². The third-order valence-electron chi connectivity index (χ3n) is 2.72. The minimum absolute atomic E-state index is 0.0402. The van der Waals surface area contributed by atoms with Gasteiger partial charge in [0, 0.05) is 12.2 Å². The van der Waals surface area contributed by atoms with Crippen molar-refractivity contribution in [3.8, 4) is 5.88 Å². The van der Waals surface area contributed by atoms with Gasteiger partial charge in [0.05, 0.1) is 5.56 Å². The maximum absolute atomic E-state index is 12.4. The van der Waals surface area contributed by atoms with Crippen LogP contribution >= 0.6 is 11.6 Å². The Kier molecular flexibility index (Phi) is 3.97. The average Bonchev–Trinajstić information content (AvgIpc) is 2.79. The molecule has 0 aliphatic carbocycles. The first-order valence-electron chi connectivity index (χ1n) is 5.56. The first kappa shape index (κ1) is 13.4. The molecule has 2 heterocycles. The van der Waals surface area contributed by atoms with E-state index in [1.807, 2.05) is 0 Å². The minimum atomic E-state index is -4.44. The third kappa shape index (κ3) is 3.26. The van der Waals surface area contributed by atoms with Crippen LogP contribution in [0.5, 0.6) is 5.88 Å². The fourth-order valence-corrected chi connectivity index (χ4v) is 1.99. The van der Waals surface area contributed by atoms with E-state index in [-0.39, 0.29) is 16.9 Å². The van der Waals surface area contributed by atoms with E-state index in [1.54, 1.807) is 0 Å². The van der Waals surface area contributed by atoms with Gasteiger partial charge in [0.15, 0.2) is 0 Å². The van der Waals surface area contributed by atoms with Crippen molar-refractivity contribution in [2.75, 3.05) is 13.2 Å². The summed E-state index contributed by atoms with van der Waals surface area (Å²) >= 11 is 5.71. The average molecular weight is 281 g/mol. The van der Waals surface area contributed by atoms with E-state index in [4.69, 9.17) is 16.3 Å². The Bertz CT molecular complexity index is 419. The van der Waals surface area contributed by atoms with E-state index in [1.165, 1.54) is 0 Å². The summed E-state index contributed by atoms with van der Waals surface area (Å²) in [4.78, 5) is 3.60. The number of hydrogen-bond acceptors (Lipinski definition) is 3. The number of pyridine rings is 1. The predicted molar refractivity (Wildman–Crippen MR) is 60.8 cm³/mol. The van der Waals surface area contributed by atoms with Crippen molar-refractivity contribution >= 4 is 11.6 Å². The molecule has 0 amide bonds.